The molecule has 0 aliphatic heterocycles. The molecule has 0 unspecified atom stereocenters. The number of esters is 1. The van der Waals surface area contributed by atoms with E-state index < -0.39 is 17.8 Å². The molecule has 0 aliphatic rings. The van der Waals surface area contributed by atoms with Crippen molar-refractivity contribution >= 4 is 75.3 Å². The number of ether oxygens (including phenoxy) is 1. The first-order valence-corrected chi connectivity index (χ1v) is 11.6. The normalized spacial score (nSPS) is 10.9. The van der Waals surface area contributed by atoms with E-state index in [-0.39, 0.29) is 32.1 Å². The highest BCUT2D eigenvalue weighted by Gasteiger charge is 2.17. The lowest BCUT2D eigenvalue weighted by atomic mass is 10.0. The van der Waals surface area contributed by atoms with E-state index >= 15 is 0 Å². The number of carbonyl (C=O) groups is 3. The maximum atomic E-state index is 12.7. The number of halogens is 3. The topological polar surface area (TPSA) is 96.9 Å². The van der Waals surface area contributed by atoms with E-state index in [2.05, 4.69) is 15.8 Å². The van der Waals surface area contributed by atoms with Crippen LogP contribution in [0.5, 0.6) is 5.75 Å². The molecule has 7 nitrogen and oxygen atoms in total. The number of carbonyl (C=O) groups excluding carboxylic acids is 3. The zero-order chi connectivity index (χ0) is 25.7. The molecule has 0 atom stereocenters. The van der Waals surface area contributed by atoms with Crippen molar-refractivity contribution in [1.82, 2.24) is 5.43 Å². The van der Waals surface area contributed by atoms with Gasteiger partial charge in [0.25, 0.3) is 0 Å². The first-order chi connectivity index (χ1) is 17.3. The minimum Gasteiger partial charge on any atom is -0.422 e. The predicted octanol–water partition coefficient (Wildman–Crippen LogP) is 6.11. The van der Waals surface area contributed by atoms with Crippen LogP contribution in [0.4, 0.5) is 5.69 Å². The number of rotatable bonds is 5. The summed E-state index contributed by atoms with van der Waals surface area (Å²) in [6.45, 7) is 0. The van der Waals surface area contributed by atoms with Crippen LogP contribution in [0.2, 0.25) is 15.1 Å². The first kappa shape index (κ1) is 25.2. The Morgan fingerprint density at radius 2 is 1.50 bits per heavy atom. The Balaban J connectivity index is 1.55. The number of nitrogens with zero attached hydrogens (tertiary/aromatic N) is 1. The van der Waals surface area contributed by atoms with Crippen molar-refractivity contribution in [3.63, 3.8) is 0 Å². The SMILES string of the molecule is O=C(N/N=C\c1c(OC(=O)c2ccccc2Cl)ccc2ccccc12)C(=O)Nc1cccc(Cl)c1Cl. The highest BCUT2D eigenvalue weighted by atomic mass is 35.5. The van der Waals surface area contributed by atoms with Gasteiger partial charge in [0.1, 0.15) is 5.75 Å². The number of anilines is 1. The Hall–Kier alpha value is -3.91. The van der Waals surface area contributed by atoms with E-state index in [1.54, 1.807) is 60.7 Å². The molecule has 4 rings (SSSR count). The average Bonchev–Trinajstić information content (AvgIpc) is 2.87. The molecular formula is C26H16Cl3N3O4. The fraction of sp³-hybridized carbons (Fsp3) is 0. The van der Waals surface area contributed by atoms with Gasteiger partial charge in [0.15, 0.2) is 0 Å². The largest absolute Gasteiger partial charge is 0.422 e. The zero-order valence-corrected chi connectivity index (χ0v) is 20.6. The number of fused-ring (bicyclic) bond motifs is 1. The Morgan fingerprint density at radius 3 is 2.31 bits per heavy atom. The summed E-state index contributed by atoms with van der Waals surface area (Å²) in [5.74, 6) is -2.52. The molecular weight excluding hydrogens is 525 g/mol. The van der Waals surface area contributed by atoms with Crippen LogP contribution in [0, 0.1) is 0 Å². The summed E-state index contributed by atoms with van der Waals surface area (Å²) in [5.41, 5.74) is 2.93. The number of hydrogen-bond donors (Lipinski definition) is 2. The number of hydrazone groups is 1. The van der Waals surface area contributed by atoms with Gasteiger partial charge in [0.2, 0.25) is 0 Å². The predicted molar refractivity (Wildman–Crippen MR) is 141 cm³/mol. The molecule has 2 amide bonds. The Kier molecular flexibility index (Phi) is 7.85. The third-order valence-corrected chi connectivity index (χ3v) is 6.14. The fourth-order valence-electron chi connectivity index (χ4n) is 3.26. The van der Waals surface area contributed by atoms with Gasteiger partial charge in [-0.25, -0.2) is 10.2 Å². The molecule has 180 valence electrons. The minimum absolute atomic E-state index is 0.101. The van der Waals surface area contributed by atoms with E-state index in [0.29, 0.717) is 10.9 Å². The molecule has 0 saturated carbocycles. The second-order valence-corrected chi connectivity index (χ2v) is 8.51. The molecule has 4 aromatic rings. The van der Waals surface area contributed by atoms with Gasteiger partial charge in [-0.05, 0) is 41.1 Å². The summed E-state index contributed by atoms with van der Waals surface area (Å²) in [5, 5.41) is 8.38. The standard InChI is InChI=1S/C26H16Cl3N3O4/c27-19-9-4-3-8-17(19)26(35)36-22-13-12-15-6-1-2-7-16(15)18(22)14-30-32-25(34)24(33)31-21-11-5-10-20(28)23(21)29/h1-14H,(H,31,33)(H,32,34)/b30-14-. The molecule has 0 bridgehead atoms. The fourth-order valence-corrected chi connectivity index (χ4v) is 3.83. The molecule has 0 radical (unpaired) electrons. The average molecular weight is 541 g/mol. The number of amides is 2. The summed E-state index contributed by atoms with van der Waals surface area (Å²) >= 11 is 18.1. The van der Waals surface area contributed by atoms with Crippen molar-refractivity contribution in [2.45, 2.75) is 0 Å². The van der Waals surface area contributed by atoms with Crippen LogP contribution in [-0.4, -0.2) is 24.0 Å². The summed E-state index contributed by atoms with van der Waals surface area (Å²) < 4.78 is 5.60. The highest BCUT2D eigenvalue weighted by molar-refractivity contribution is 6.45. The quantitative estimate of drug-likeness (QED) is 0.105. The molecule has 0 heterocycles. The maximum Gasteiger partial charge on any atom is 0.345 e. The molecule has 4 aromatic carbocycles. The van der Waals surface area contributed by atoms with E-state index in [1.165, 1.54) is 12.3 Å². The van der Waals surface area contributed by atoms with Crippen LogP contribution in [0.25, 0.3) is 10.8 Å². The van der Waals surface area contributed by atoms with Crippen LogP contribution in [0.1, 0.15) is 15.9 Å². The first-order valence-electron chi connectivity index (χ1n) is 10.4. The summed E-state index contributed by atoms with van der Waals surface area (Å²) in [6, 6.07) is 21.8. The van der Waals surface area contributed by atoms with Crippen molar-refractivity contribution in [2.24, 2.45) is 5.10 Å². The summed E-state index contributed by atoms with van der Waals surface area (Å²) in [4.78, 5) is 37.2. The number of hydrogen-bond acceptors (Lipinski definition) is 5. The number of nitrogens with one attached hydrogen (secondary N) is 2. The lowest BCUT2D eigenvalue weighted by Crippen LogP contribution is -2.32. The van der Waals surface area contributed by atoms with Gasteiger partial charge >= 0.3 is 17.8 Å². The van der Waals surface area contributed by atoms with Crippen molar-refractivity contribution in [1.29, 1.82) is 0 Å². The molecule has 0 fully saturated rings. The van der Waals surface area contributed by atoms with Gasteiger partial charge in [-0.1, -0.05) is 83.3 Å². The Labute approximate surface area is 220 Å². The Morgan fingerprint density at radius 1 is 0.778 bits per heavy atom. The van der Waals surface area contributed by atoms with E-state index in [9.17, 15) is 14.4 Å². The van der Waals surface area contributed by atoms with Gasteiger partial charge in [0.05, 0.1) is 32.5 Å². The molecule has 2 N–H and O–H groups in total. The molecule has 10 heteroatoms. The second-order valence-electron chi connectivity index (χ2n) is 7.32. The monoisotopic (exact) mass is 539 g/mol. The van der Waals surface area contributed by atoms with Crippen LogP contribution in [0.3, 0.4) is 0 Å². The lowest BCUT2D eigenvalue weighted by molar-refractivity contribution is -0.136. The van der Waals surface area contributed by atoms with Gasteiger partial charge in [0, 0.05) is 5.56 Å². The lowest BCUT2D eigenvalue weighted by Gasteiger charge is -2.11. The number of benzene rings is 4. The molecule has 0 spiro atoms. The zero-order valence-electron chi connectivity index (χ0n) is 18.3. The third kappa shape index (κ3) is 5.66. The molecule has 0 aromatic heterocycles. The van der Waals surface area contributed by atoms with E-state index in [0.717, 1.165) is 5.39 Å². The Bertz CT molecular complexity index is 1520. The van der Waals surface area contributed by atoms with E-state index in [4.69, 9.17) is 39.5 Å². The van der Waals surface area contributed by atoms with Crippen molar-refractivity contribution in [2.75, 3.05) is 5.32 Å². The van der Waals surface area contributed by atoms with Crippen LogP contribution < -0.4 is 15.5 Å². The molecule has 0 saturated heterocycles. The van der Waals surface area contributed by atoms with Gasteiger partial charge in [-0.3, -0.25) is 9.59 Å². The van der Waals surface area contributed by atoms with Crippen LogP contribution >= 0.6 is 34.8 Å². The second kappa shape index (κ2) is 11.2. The highest BCUT2D eigenvalue weighted by Crippen LogP contribution is 2.30. The van der Waals surface area contributed by atoms with Crippen LogP contribution in [0.15, 0.2) is 84.0 Å². The van der Waals surface area contributed by atoms with Crippen molar-refractivity contribution in [3.05, 3.63) is 105 Å². The van der Waals surface area contributed by atoms with Crippen LogP contribution in [-0.2, 0) is 9.59 Å². The minimum atomic E-state index is -1.04. The van der Waals surface area contributed by atoms with Gasteiger partial charge in [-0.2, -0.15) is 5.10 Å². The van der Waals surface area contributed by atoms with Crippen molar-refractivity contribution < 1.29 is 19.1 Å². The van der Waals surface area contributed by atoms with Gasteiger partial charge in [-0.15, -0.1) is 0 Å². The summed E-state index contributed by atoms with van der Waals surface area (Å²) in [6.07, 6.45) is 1.29. The summed E-state index contributed by atoms with van der Waals surface area (Å²) in [7, 11) is 0. The maximum absolute atomic E-state index is 12.7. The molecule has 0 aliphatic carbocycles. The molecule has 36 heavy (non-hydrogen) atoms. The third-order valence-electron chi connectivity index (χ3n) is 4.99. The van der Waals surface area contributed by atoms with Crippen molar-refractivity contribution in [3.8, 4) is 5.75 Å². The van der Waals surface area contributed by atoms with Gasteiger partial charge < -0.3 is 10.1 Å². The smallest absolute Gasteiger partial charge is 0.345 e. The van der Waals surface area contributed by atoms with E-state index in [1.807, 2.05) is 12.1 Å².